The lowest BCUT2D eigenvalue weighted by molar-refractivity contribution is -0.137. The van der Waals surface area contributed by atoms with Crippen molar-refractivity contribution in [2.45, 2.75) is 38.1 Å². The highest BCUT2D eigenvalue weighted by molar-refractivity contribution is 7.08. The lowest BCUT2D eigenvalue weighted by Crippen LogP contribution is -2.43. The van der Waals surface area contributed by atoms with Crippen molar-refractivity contribution in [1.29, 1.82) is 0 Å². The molecule has 1 N–H and O–H groups in total. The second kappa shape index (κ2) is 6.00. The molecule has 0 aromatic carbocycles. The first-order chi connectivity index (χ1) is 8.68. The first-order valence-corrected chi connectivity index (χ1v) is 7.17. The highest BCUT2D eigenvalue weighted by Gasteiger charge is 2.27. The average molecular weight is 267 g/mol. The van der Waals surface area contributed by atoms with Gasteiger partial charge in [-0.1, -0.05) is 0 Å². The Hall–Kier alpha value is -1.36. The van der Waals surface area contributed by atoms with Crippen molar-refractivity contribution in [1.82, 2.24) is 4.90 Å². The molecule has 1 atom stereocenters. The van der Waals surface area contributed by atoms with Gasteiger partial charge in [-0.3, -0.25) is 9.59 Å². The number of thiophene rings is 1. The molecule has 5 heteroatoms. The van der Waals surface area contributed by atoms with Crippen LogP contribution in [-0.2, 0) is 4.79 Å². The van der Waals surface area contributed by atoms with Crippen LogP contribution in [0.1, 0.15) is 42.5 Å². The van der Waals surface area contributed by atoms with Gasteiger partial charge in [-0.2, -0.15) is 11.3 Å². The first-order valence-electron chi connectivity index (χ1n) is 6.23. The van der Waals surface area contributed by atoms with Crippen LogP contribution in [0.15, 0.2) is 16.8 Å². The number of rotatable bonds is 4. The quantitative estimate of drug-likeness (QED) is 0.912. The van der Waals surface area contributed by atoms with Gasteiger partial charge in [0.05, 0.1) is 5.56 Å². The van der Waals surface area contributed by atoms with E-state index in [0.717, 1.165) is 31.4 Å². The number of carbonyl (C=O) groups is 2. The minimum absolute atomic E-state index is 0.0475. The van der Waals surface area contributed by atoms with Crippen LogP contribution in [0, 0.1) is 0 Å². The van der Waals surface area contributed by atoms with Crippen LogP contribution in [-0.4, -0.2) is 34.5 Å². The molecule has 2 heterocycles. The Morgan fingerprint density at radius 1 is 1.44 bits per heavy atom. The minimum Gasteiger partial charge on any atom is -0.481 e. The molecule has 1 aromatic rings. The Kier molecular flexibility index (Phi) is 4.36. The van der Waals surface area contributed by atoms with Crippen LogP contribution >= 0.6 is 11.3 Å². The molecular formula is C13H17NO3S. The third kappa shape index (κ3) is 3.10. The highest BCUT2D eigenvalue weighted by atomic mass is 32.1. The zero-order valence-corrected chi connectivity index (χ0v) is 11.0. The molecular weight excluding hydrogens is 250 g/mol. The normalized spacial score (nSPS) is 19.8. The third-order valence-electron chi connectivity index (χ3n) is 3.35. The van der Waals surface area contributed by atoms with E-state index in [1.165, 1.54) is 11.3 Å². The molecule has 1 fully saturated rings. The van der Waals surface area contributed by atoms with Gasteiger partial charge < -0.3 is 10.0 Å². The number of nitrogens with zero attached hydrogens (tertiary/aromatic N) is 1. The van der Waals surface area contributed by atoms with E-state index in [0.29, 0.717) is 6.42 Å². The summed E-state index contributed by atoms with van der Waals surface area (Å²) in [5, 5.41) is 12.5. The zero-order valence-electron chi connectivity index (χ0n) is 10.2. The van der Waals surface area contributed by atoms with Crippen LogP contribution < -0.4 is 0 Å². The SMILES string of the molecule is O=C(O)CCC1CCCCN1C(=O)c1ccsc1. The van der Waals surface area contributed by atoms with E-state index in [1.54, 1.807) is 0 Å². The molecule has 1 saturated heterocycles. The van der Waals surface area contributed by atoms with Crippen molar-refractivity contribution in [3.63, 3.8) is 0 Å². The first kappa shape index (κ1) is 13.1. The summed E-state index contributed by atoms with van der Waals surface area (Å²) in [7, 11) is 0. The average Bonchev–Trinajstić information content (AvgIpc) is 2.89. The van der Waals surface area contributed by atoms with Crippen molar-refractivity contribution in [3.05, 3.63) is 22.4 Å². The van der Waals surface area contributed by atoms with Crippen molar-refractivity contribution in [2.24, 2.45) is 0 Å². The predicted octanol–water partition coefficient (Wildman–Crippen LogP) is 2.61. The van der Waals surface area contributed by atoms with Gasteiger partial charge in [0, 0.05) is 24.4 Å². The van der Waals surface area contributed by atoms with Crippen molar-refractivity contribution >= 4 is 23.2 Å². The monoisotopic (exact) mass is 267 g/mol. The highest BCUT2D eigenvalue weighted by Crippen LogP contribution is 2.23. The topological polar surface area (TPSA) is 57.6 Å². The maximum absolute atomic E-state index is 12.3. The molecule has 1 aromatic heterocycles. The molecule has 0 bridgehead atoms. The fourth-order valence-electron chi connectivity index (χ4n) is 2.41. The summed E-state index contributed by atoms with van der Waals surface area (Å²) < 4.78 is 0. The van der Waals surface area contributed by atoms with Crippen molar-refractivity contribution in [2.75, 3.05) is 6.54 Å². The van der Waals surface area contributed by atoms with E-state index in [4.69, 9.17) is 5.11 Å². The number of carboxylic acid groups (broad SMARTS) is 1. The van der Waals surface area contributed by atoms with E-state index in [9.17, 15) is 9.59 Å². The fraction of sp³-hybridized carbons (Fsp3) is 0.538. The van der Waals surface area contributed by atoms with Gasteiger partial charge in [0.25, 0.3) is 5.91 Å². The summed E-state index contributed by atoms with van der Waals surface area (Å²) in [6.45, 7) is 0.749. The van der Waals surface area contributed by atoms with Crippen molar-refractivity contribution in [3.8, 4) is 0 Å². The lowest BCUT2D eigenvalue weighted by Gasteiger charge is -2.35. The van der Waals surface area contributed by atoms with Gasteiger partial charge in [-0.25, -0.2) is 0 Å². The van der Waals surface area contributed by atoms with Gasteiger partial charge in [-0.05, 0) is 37.1 Å². The van der Waals surface area contributed by atoms with Crippen LogP contribution in [0.25, 0.3) is 0 Å². The van der Waals surface area contributed by atoms with E-state index in [2.05, 4.69) is 0 Å². The number of aliphatic carboxylic acids is 1. The van der Waals surface area contributed by atoms with Crippen LogP contribution in [0.3, 0.4) is 0 Å². The van der Waals surface area contributed by atoms with E-state index >= 15 is 0 Å². The Balaban J connectivity index is 2.03. The maximum Gasteiger partial charge on any atom is 0.303 e. The van der Waals surface area contributed by atoms with E-state index in [1.807, 2.05) is 21.7 Å². The lowest BCUT2D eigenvalue weighted by atomic mass is 9.97. The number of likely N-dealkylation sites (tertiary alicyclic amines) is 1. The van der Waals surface area contributed by atoms with Gasteiger partial charge in [0.1, 0.15) is 0 Å². The number of carbonyl (C=O) groups excluding carboxylic acids is 1. The van der Waals surface area contributed by atoms with Crippen LogP contribution in [0.2, 0.25) is 0 Å². The summed E-state index contributed by atoms with van der Waals surface area (Å²) in [6, 6.07) is 1.91. The Morgan fingerprint density at radius 2 is 2.28 bits per heavy atom. The molecule has 0 radical (unpaired) electrons. The number of amides is 1. The van der Waals surface area contributed by atoms with E-state index in [-0.39, 0.29) is 18.4 Å². The predicted molar refractivity (Wildman–Crippen MR) is 69.9 cm³/mol. The molecule has 18 heavy (non-hydrogen) atoms. The number of carboxylic acids is 1. The van der Waals surface area contributed by atoms with E-state index < -0.39 is 5.97 Å². The largest absolute Gasteiger partial charge is 0.481 e. The minimum atomic E-state index is -0.788. The number of piperidine rings is 1. The second-order valence-electron chi connectivity index (χ2n) is 4.59. The van der Waals surface area contributed by atoms with Gasteiger partial charge in [0.15, 0.2) is 0 Å². The molecule has 1 amide bonds. The molecule has 1 aliphatic heterocycles. The number of hydrogen-bond acceptors (Lipinski definition) is 3. The molecule has 4 nitrogen and oxygen atoms in total. The summed E-state index contributed by atoms with van der Waals surface area (Å²) in [4.78, 5) is 24.8. The Labute approximate surface area is 110 Å². The van der Waals surface area contributed by atoms with Crippen LogP contribution in [0.4, 0.5) is 0 Å². The Morgan fingerprint density at radius 3 is 2.94 bits per heavy atom. The molecule has 2 rings (SSSR count). The summed E-state index contributed by atoms with van der Waals surface area (Å²) in [5.41, 5.74) is 0.724. The molecule has 0 spiro atoms. The summed E-state index contributed by atoms with van der Waals surface area (Å²) >= 11 is 1.51. The molecule has 0 aliphatic carbocycles. The fourth-order valence-corrected chi connectivity index (χ4v) is 3.04. The smallest absolute Gasteiger partial charge is 0.303 e. The number of hydrogen-bond donors (Lipinski definition) is 1. The standard InChI is InChI=1S/C13H17NO3S/c15-12(16)5-4-11-3-1-2-7-14(11)13(17)10-6-8-18-9-10/h6,8-9,11H,1-5,7H2,(H,15,16). The van der Waals surface area contributed by atoms with Crippen molar-refractivity contribution < 1.29 is 14.7 Å². The third-order valence-corrected chi connectivity index (χ3v) is 4.03. The van der Waals surface area contributed by atoms with Gasteiger partial charge >= 0.3 is 5.97 Å². The Bertz CT molecular complexity index is 416. The maximum atomic E-state index is 12.3. The molecule has 1 unspecified atom stereocenters. The summed E-state index contributed by atoms with van der Waals surface area (Å²) in [5.74, 6) is -0.741. The molecule has 1 aliphatic rings. The molecule has 98 valence electrons. The molecule has 0 saturated carbocycles. The van der Waals surface area contributed by atoms with Gasteiger partial charge in [-0.15, -0.1) is 0 Å². The van der Waals surface area contributed by atoms with Gasteiger partial charge in [0.2, 0.25) is 0 Å². The van der Waals surface area contributed by atoms with Crippen LogP contribution in [0.5, 0.6) is 0 Å². The second-order valence-corrected chi connectivity index (χ2v) is 5.37. The summed E-state index contributed by atoms with van der Waals surface area (Å²) in [6.07, 6.45) is 3.71. The zero-order chi connectivity index (χ0) is 13.0.